The van der Waals surface area contributed by atoms with Crippen molar-refractivity contribution in [3.05, 3.63) is 53.4 Å². The maximum Gasteiger partial charge on any atom is 0.253 e. The minimum absolute atomic E-state index is 0.235. The van der Waals surface area contributed by atoms with Crippen LogP contribution >= 0.6 is 0 Å². The van der Waals surface area contributed by atoms with Crippen molar-refractivity contribution in [2.24, 2.45) is 5.73 Å². The second kappa shape index (κ2) is 7.12. The first kappa shape index (κ1) is 14.6. The zero-order valence-corrected chi connectivity index (χ0v) is 11.6. The number of carbonyl (C=O) groups excluding carboxylic acids is 1. The van der Waals surface area contributed by atoms with Gasteiger partial charge in [-0.1, -0.05) is 11.8 Å². The molecule has 21 heavy (non-hydrogen) atoms. The first-order valence-electron chi connectivity index (χ1n) is 6.39. The van der Waals surface area contributed by atoms with Crippen molar-refractivity contribution in [2.45, 2.75) is 13.5 Å². The van der Waals surface area contributed by atoms with Gasteiger partial charge in [0.2, 0.25) is 0 Å². The summed E-state index contributed by atoms with van der Waals surface area (Å²) < 4.78 is 0. The van der Waals surface area contributed by atoms with E-state index >= 15 is 0 Å². The van der Waals surface area contributed by atoms with Crippen molar-refractivity contribution < 1.29 is 4.79 Å². The molecule has 0 saturated carbocycles. The molecule has 2 aromatic rings. The molecule has 0 spiro atoms. The molecule has 2 rings (SSSR count). The van der Waals surface area contributed by atoms with Crippen LogP contribution in [-0.4, -0.2) is 27.4 Å². The Balaban J connectivity index is 2.01. The summed E-state index contributed by atoms with van der Waals surface area (Å²) in [4.78, 5) is 24.3. The number of aryl methyl sites for hydroxylation is 1. The van der Waals surface area contributed by atoms with Crippen LogP contribution in [0.15, 0.2) is 30.9 Å². The lowest BCUT2D eigenvalue weighted by Gasteiger charge is -2.05. The van der Waals surface area contributed by atoms with E-state index in [1.54, 1.807) is 24.7 Å². The van der Waals surface area contributed by atoms with Crippen LogP contribution in [0.5, 0.6) is 0 Å². The van der Waals surface area contributed by atoms with Gasteiger partial charge in [0.1, 0.15) is 0 Å². The number of carbonyl (C=O) groups is 1. The second-order valence-corrected chi connectivity index (χ2v) is 4.30. The molecule has 106 valence electrons. The summed E-state index contributed by atoms with van der Waals surface area (Å²) in [6.07, 6.45) is 6.37. The predicted molar refractivity (Wildman–Crippen MR) is 78.1 cm³/mol. The standard InChI is InChI=1S/C15H15N5O/c1-11-6-19-14(9-18-11)10-20-15(21)13-5-12(3-2-4-16)7-17-8-13/h5-9H,4,10,16H2,1H3,(H,20,21). The molecule has 1 amide bonds. The molecule has 0 aromatic carbocycles. The average Bonchev–Trinajstić information content (AvgIpc) is 2.52. The zero-order chi connectivity index (χ0) is 15.1. The summed E-state index contributed by atoms with van der Waals surface area (Å²) in [6, 6.07) is 1.67. The number of hydrogen-bond donors (Lipinski definition) is 2. The molecule has 0 atom stereocenters. The van der Waals surface area contributed by atoms with Crippen LogP contribution in [0.1, 0.15) is 27.3 Å². The Hall–Kier alpha value is -2.78. The molecule has 6 heteroatoms. The fraction of sp³-hybridized carbons (Fsp3) is 0.200. The van der Waals surface area contributed by atoms with Gasteiger partial charge in [0, 0.05) is 24.2 Å². The van der Waals surface area contributed by atoms with Gasteiger partial charge in [0.25, 0.3) is 5.91 Å². The third-order valence-corrected chi connectivity index (χ3v) is 2.60. The van der Waals surface area contributed by atoms with Gasteiger partial charge in [0.15, 0.2) is 0 Å². The van der Waals surface area contributed by atoms with Crippen LogP contribution in [0.2, 0.25) is 0 Å². The Bertz CT molecular complexity index is 685. The molecule has 0 aliphatic carbocycles. The fourth-order valence-electron chi connectivity index (χ4n) is 1.57. The highest BCUT2D eigenvalue weighted by atomic mass is 16.1. The largest absolute Gasteiger partial charge is 0.346 e. The molecular formula is C15H15N5O. The highest BCUT2D eigenvalue weighted by Gasteiger charge is 2.06. The molecule has 3 N–H and O–H groups in total. The predicted octanol–water partition coefficient (Wildman–Crippen LogP) is 0.420. The van der Waals surface area contributed by atoms with Crippen LogP contribution in [0.25, 0.3) is 0 Å². The van der Waals surface area contributed by atoms with E-state index < -0.39 is 0 Å². The molecule has 2 aromatic heterocycles. The van der Waals surface area contributed by atoms with E-state index in [1.165, 1.54) is 6.20 Å². The molecule has 0 bridgehead atoms. The lowest BCUT2D eigenvalue weighted by molar-refractivity contribution is 0.0950. The van der Waals surface area contributed by atoms with Crippen LogP contribution in [0, 0.1) is 18.8 Å². The summed E-state index contributed by atoms with van der Waals surface area (Å²) in [5.74, 6) is 5.33. The van der Waals surface area contributed by atoms with Crippen molar-refractivity contribution in [3.63, 3.8) is 0 Å². The highest BCUT2D eigenvalue weighted by molar-refractivity contribution is 5.94. The average molecular weight is 281 g/mol. The lowest BCUT2D eigenvalue weighted by atomic mass is 10.2. The fourth-order valence-corrected chi connectivity index (χ4v) is 1.57. The monoisotopic (exact) mass is 281 g/mol. The maximum atomic E-state index is 12.0. The van der Waals surface area contributed by atoms with Gasteiger partial charge < -0.3 is 11.1 Å². The molecular weight excluding hydrogens is 266 g/mol. The van der Waals surface area contributed by atoms with Crippen LogP contribution in [0.4, 0.5) is 0 Å². The summed E-state index contributed by atoms with van der Waals surface area (Å²) in [5.41, 5.74) is 7.94. The van der Waals surface area contributed by atoms with E-state index in [4.69, 9.17) is 5.73 Å². The van der Waals surface area contributed by atoms with E-state index in [0.717, 1.165) is 5.69 Å². The van der Waals surface area contributed by atoms with E-state index in [2.05, 4.69) is 32.1 Å². The van der Waals surface area contributed by atoms with Crippen molar-refractivity contribution >= 4 is 5.91 Å². The zero-order valence-electron chi connectivity index (χ0n) is 11.6. The van der Waals surface area contributed by atoms with Crippen molar-refractivity contribution in [1.82, 2.24) is 20.3 Å². The number of nitrogens with zero attached hydrogens (tertiary/aromatic N) is 3. The van der Waals surface area contributed by atoms with Crippen molar-refractivity contribution in [2.75, 3.05) is 6.54 Å². The number of pyridine rings is 1. The molecule has 2 heterocycles. The summed E-state index contributed by atoms with van der Waals surface area (Å²) in [6.45, 7) is 2.43. The van der Waals surface area contributed by atoms with Crippen LogP contribution in [0.3, 0.4) is 0 Å². The molecule has 0 unspecified atom stereocenters. The minimum atomic E-state index is -0.235. The molecule has 0 aliphatic rings. The third kappa shape index (κ3) is 4.37. The van der Waals surface area contributed by atoms with Gasteiger partial charge in [-0.25, -0.2) is 0 Å². The third-order valence-electron chi connectivity index (χ3n) is 2.60. The number of nitrogens with two attached hydrogens (primary N) is 1. The Morgan fingerprint density at radius 3 is 2.86 bits per heavy atom. The van der Waals surface area contributed by atoms with Gasteiger partial charge in [-0.2, -0.15) is 0 Å². The minimum Gasteiger partial charge on any atom is -0.346 e. The van der Waals surface area contributed by atoms with Crippen LogP contribution in [-0.2, 0) is 6.54 Å². The number of aromatic nitrogens is 3. The topological polar surface area (TPSA) is 93.8 Å². The maximum absolute atomic E-state index is 12.0. The molecule has 0 saturated heterocycles. The summed E-state index contributed by atoms with van der Waals surface area (Å²) in [7, 11) is 0. The van der Waals surface area contributed by atoms with E-state index in [0.29, 0.717) is 23.4 Å². The summed E-state index contributed by atoms with van der Waals surface area (Å²) in [5, 5.41) is 2.76. The molecule has 0 aliphatic heterocycles. The smallest absolute Gasteiger partial charge is 0.253 e. The van der Waals surface area contributed by atoms with E-state index in [1.807, 2.05) is 6.92 Å². The first-order valence-corrected chi connectivity index (χ1v) is 6.39. The normalized spacial score (nSPS) is 9.62. The number of nitrogens with one attached hydrogen (secondary N) is 1. The van der Waals surface area contributed by atoms with Gasteiger partial charge in [-0.15, -0.1) is 0 Å². The van der Waals surface area contributed by atoms with Crippen molar-refractivity contribution in [3.8, 4) is 11.8 Å². The Kier molecular flexibility index (Phi) is 4.96. The molecule has 0 radical (unpaired) electrons. The second-order valence-electron chi connectivity index (χ2n) is 4.30. The molecule has 0 fully saturated rings. The van der Waals surface area contributed by atoms with Gasteiger partial charge in [-0.05, 0) is 13.0 Å². The Labute approximate surface area is 122 Å². The Morgan fingerprint density at radius 1 is 1.29 bits per heavy atom. The SMILES string of the molecule is Cc1cnc(CNC(=O)c2cncc(C#CCN)c2)cn1. The van der Waals surface area contributed by atoms with Gasteiger partial charge in [-0.3, -0.25) is 19.7 Å². The first-order chi connectivity index (χ1) is 10.2. The van der Waals surface area contributed by atoms with E-state index in [9.17, 15) is 4.79 Å². The highest BCUT2D eigenvalue weighted by Crippen LogP contribution is 2.02. The van der Waals surface area contributed by atoms with E-state index in [-0.39, 0.29) is 12.5 Å². The number of amides is 1. The Morgan fingerprint density at radius 2 is 2.14 bits per heavy atom. The molecule has 6 nitrogen and oxygen atoms in total. The van der Waals surface area contributed by atoms with Crippen LogP contribution < -0.4 is 11.1 Å². The summed E-state index contributed by atoms with van der Waals surface area (Å²) >= 11 is 0. The van der Waals surface area contributed by atoms with Crippen molar-refractivity contribution in [1.29, 1.82) is 0 Å². The van der Waals surface area contributed by atoms with Gasteiger partial charge in [0.05, 0.1) is 36.2 Å². The number of rotatable bonds is 3. The van der Waals surface area contributed by atoms with Gasteiger partial charge >= 0.3 is 0 Å². The lowest BCUT2D eigenvalue weighted by Crippen LogP contribution is -2.23. The number of hydrogen-bond acceptors (Lipinski definition) is 5. The quantitative estimate of drug-likeness (QED) is 0.795.